The minimum absolute atomic E-state index is 0.0957. The van der Waals surface area contributed by atoms with Crippen molar-refractivity contribution in [1.82, 2.24) is 10.3 Å². The first-order chi connectivity index (χ1) is 15.6. The molecule has 2 aromatic rings. The number of ether oxygens (including phenoxy) is 2. The summed E-state index contributed by atoms with van der Waals surface area (Å²) in [7, 11) is 3.40. The van der Waals surface area contributed by atoms with E-state index in [2.05, 4.69) is 33.9 Å². The summed E-state index contributed by atoms with van der Waals surface area (Å²) in [5.41, 5.74) is 5.92. The molecule has 1 aliphatic carbocycles. The lowest BCUT2D eigenvalue weighted by Gasteiger charge is -2.16. The highest BCUT2D eigenvalue weighted by Crippen LogP contribution is 2.39. The fourth-order valence-electron chi connectivity index (χ4n) is 3.87. The number of hydrogen-bond acceptors (Lipinski definition) is 7. The van der Waals surface area contributed by atoms with Gasteiger partial charge in [0.1, 0.15) is 0 Å². The van der Waals surface area contributed by atoms with E-state index in [1.807, 2.05) is 12.1 Å². The van der Waals surface area contributed by atoms with Gasteiger partial charge in [-0.3, -0.25) is 4.79 Å². The van der Waals surface area contributed by atoms with E-state index in [0.717, 1.165) is 66.5 Å². The molecule has 0 unspecified atom stereocenters. The molecule has 2 fully saturated rings. The Balaban J connectivity index is 1.56. The van der Waals surface area contributed by atoms with E-state index in [1.54, 1.807) is 25.6 Å². The van der Waals surface area contributed by atoms with Gasteiger partial charge in [-0.05, 0) is 49.0 Å². The Morgan fingerprint density at radius 3 is 2.84 bits per heavy atom. The molecular weight excluding hydrogens is 424 g/mol. The van der Waals surface area contributed by atoms with Gasteiger partial charge in [0.15, 0.2) is 5.13 Å². The van der Waals surface area contributed by atoms with Crippen molar-refractivity contribution in [3.8, 4) is 0 Å². The normalized spacial score (nSPS) is 17.5. The number of hydrogen-bond donors (Lipinski definition) is 2. The van der Waals surface area contributed by atoms with E-state index >= 15 is 0 Å². The molecule has 2 heterocycles. The summed E-state index contributed by atoms with van der Waals surface area (Å²) in [4.78, 5) is 20.1. The van der Waals surface area contributed by atoms with Crippen molar-refractivity contribution in [2.45, 2.75) is 38.7 Å². The minimum Gasteiger partial charge on any atom is -0.383 e. The number of rotatable bonds is 10. The van der Waals surface area contributed by atoms with Crippen molar-refractivity contribution in [3.63, 3.8) is 0 Å². The summed E-state index contributed by atoms with van der Waals surface area (Å²) in [5.74, 6) is -0.0957. The van der Waals surface area contributed by atoms with Crippen molar-refractivity contribution in [2.75, 3.05) is 50.7 Å². The number of aromatic nitrogens is 1. The van der Waals surface area contributed by atoms with E-state index < -0.39 is 0 Å². The third-order valence-electron chi connectivity index (χ3n) is 5.94. The topological polar surface area (TPSA) is 75.7 Å². The smallest absolute Gasteiger partial charge is 0.253 e. The summed E-state index contributed by atoms with van der Waals surface area (Å²) < 4.78 is 10.6. The van der Waals surface area contributed by atoms with Gasteiger partial charge in [-0.25, -0.2) is 4.98 Å². The number of methoxy groups -OCH3 is 2. The molecule has 0 bridgehead atoms. The van der Waals surface area contributed by atoms with Crippen LogP contribution in [0.15, 0.2) is 29.2 Å². The Bertz CT molecular complexity index is 981. The van der Waals surface area contributed by atoms with Gasteiger partial charge in [-0.15, -0.1) is 11.3 Å². The summed E-state index contributed by atoms with van der Waals surface area (Å²) in [6.07, 6.45) is 4.31. The van der Waals surface area contributed by atoms with Crippen LogP contribution in [-0.4, -0.2) is 57.5 Å². The molecule has 2 aliphatic rings. The van der Waals surface area contributed by atoms with Crippen LogP contribution in [0.2, 0.25) is 0 Å². The van der Waals surface area contributed by atoms with Crippen LogP contribution < -0.4 is 15.5 Å². The Hall–Kier alpha value is -2.42. The number of amides is 1. The quantitative estimate of drug-likeness (QED) is 0.528. The molecule has 8 heteroatoms. The second-order valence-corrected chi connectivity index (χ2v) is 9.03. The summed E-state index contributed by atoms with van der Waals surface area (Å²) in [6.45, 7) is 4.91. The number of benzene rings is 1. The predicted molar refractivity (Wildman–Crippen MR) is 130 cm³/mol. The zero-order valence-electron chi connectivity index (χ0n) is 19.1. The zero-order valence-corrected chi connectivity index (χ0v) is 19.9. The number of anilines is 2. The number of nitrogens with one attached hydrogen (secondary N) is 2. The molecule has 32 heavy (non-hydrogen) atoms. The van der Waals surface area contributed by atoms with Crippen LogP contribution in [0.25, 0.3) is 5.70 Å². The van der Waals surface area contributed by atoms with Gasteiger partial charge in [-0.2, -0.15) is 0 Å². The van der Waals surface area contributed by atoms with Crippen LogP contribution in [0.3, 0.4) is 0 Å². The van der Waals surface area contributed by atoms with Gasteiger partial charge in [0.2, 0.25) is 0 Å². The van der Waals surface area contributed by atoms with Crippen molar-refractivity contribution in [3.05, 3.63) is 46.0 Å². The maximum atomic E-state index is 12.9. The van der Waals surface area contributed by atoms with Crippen LogP contribution in [0, 0.1) is 0 Å². The van der Waals surface area contributed by atoms with E-state index in [0.29, 0.717) is 18.7 Å². The predicted octanol–water partition coefficient (Wildman–Crippen LogP) is 3.92. The van der Waals surface area contributed by atoms with Gasteiger partial charge in [0.25, 0.3) is 5.91 Å². The molecule has 1 aliphatic heterocycles. The maximum absolute atomic E-state index is 12.9. The SMILES string of the molecule is CCc1ccc(NC(=C2CC2)c2csc(N3CC[C@H](OC)C3)n2)c(C(=O)NCCOC)c1. The van der Waals surface area contributed by atoms with Gasteiger partial charge in [0, 0.05) is 39.2 Å². The number of allylic oxidation sites excluding steroid dienone is 1. The molecule has 4 rings (SSSR count). The van der Waals surface area contributed by atoms with E-state index in [4.69, 9.17) is 14.5 Å². The molecule has 1 aromatic heterocycles. The van der Waals surface area contributed by atoms with E-state index in [-0.39, 0.29) is 12.0 Å². The van der Waals surface area contributed by atoms with Gasteiger partial charge in [-0.1, -0.05) is 13.0 Å². The van der Waals surface area contributed by atoms with Crippen molar-refractivity contribution in [1.29, 1.82) is 0 Å². The molecule has 7 nitrogen and oxygen atoms in total. The second kappa shape index (κ2) is 10.5. The second-order valence-electron chi connectivity index (χ2n) is 8.19. The number of nitrogens with zero attached hydrogens (tertiary/aromatic N) is 2. The van der Waals surface area contributed by atoms with Crippen molar-refractivity contribution in [2.24, 2.45) is 0 Å². The first-order valence-electron chi connectivity index (χ1n) is 11.3. The summed E-state index contributed by atoms with van der Waals surface area (Å²) >= 11 is 1.67. The Kier molecular flexibility index (Phi) is 7.44. The van der Waals surface area contributed by atoms with E-state index in [9.17, 15) is 4.79 Å². The Labute approximate surface area is 193 Å². The van der Waals surface area contributed by atoms with Crippen LogP contribution in [0.4, 0.5) is 10.8 Å². The highest BCUT2D eigenvalue weighted by Gasteiger charge is 2.27. The lowest BCUT2D eigenvalue weighted by atomic mass is 10.1. The molecule has 0 radical (unpaired) electrons. The molecule has 2 N–H and O–H groups in total. The molecule has 0 spiro atoms. The molecule has 1 saturated carbocycles. The fraction of sp³-hybridized carbons (Fsp3) is 0.500. The van der Waals surface area contributed by atoms with E-state index in [1.165, 1.54) is 5.57 Å². The van der Waals surface area contributed by atoms with Crippen molar-refractivity contribution < 1.29 is 14.3 Å². The first-order valence-corrected chi connectivity index (χ1v) is 12.1. The number of carbonyl (C=O) groups is 1. The number of carbonyl (C=O) groups excluding carboxylic acids is 1. The molecule has 1 saturated heterocycles. The van der Waals surface area contributed by atoms with Gasteiger partial charge >= 0.3 is 0 Å². The lowest BCUT2D eigenvalue weighted by molar-refractivity contribution is 0.0938. The molecular formula is C24H32N4O3S. The highest BCUT2D eigenvalue weighted by molar-refractivity contribution is 7.13. The zero-order chi connectivity index (χ0) is 22.5. The van der Waals surface area contributed by atoms with Crippen LogP contribution in [0.5, 0.6) is 0 Å². The molecule has 1 amide bonds. The molecule has 172 valence electrons. The monoisotopic (exact) mass is 456 g/mol. The van der Waals surface area contributed by atoms with Crippen LogP contribution in [-0.2, 0) is 15.9 Å². The van der Waals surface area contributed by atoms with Crippen molar-refractivity contribution >= 4 is 33.8 Å². The Morgan fingerprint density at radius 1 is 1.31 bits per heavy atom. The largest absolute Gasteiger partial charge is 0.383 e. The first kappa shape index (κ1) is 22.8. The summed E-state index contributed by atoms with van der Waals surface area (Å²) in [5, 5.41) is 9.65. The van der Waals surface area contributed by atoms with Crippen LogP contribution in [0.1, 0.15) is 47.8 Å². The average Bonchev–Trinajstić information content (AvgIpc) is 3.33. The standard InChI is InChI=1S/C24H32N4O3S/c1-4-16-5-8-20(19(13-16)23(29)25-10-12-30-2)26-22(17-6-7-17)21-15-32-24(27-21)28-11-9-18(14-28)31-3/h5,8,13,15,18,26H,4,6-7,9-12,14H2,1-3H3,(H,25,29)/t18-/m0/s1. The third-order valence-corrected chi connectivity index (χ3v) is 6.84. The number of aryl methyl sites for hydroxylation is 1. The lowest BCUT2D eigenvalue weighted by Crippen LogP contribution is -2.27. The van der Waals surface area contributed by atoms with Gasteiger partial charge < -0.3 is 25.0 Å². The summed E-state index contributed by atoms with van der Waals surface area (Å²) in [6, 6.07) is 6.05. The minimum atomic E-state index is -0.0957. The highest BCUT2D eigenvalue weighted by atomic mass is 32.1. The fourth-order valence-corrected chi connectivity index (χ4v) is 4.72. The Morgan fingerprint density at radius 2 is 2.16 bits per heavy atom. The maximum Gasteiger partial charge on any atom is 0.253 e. The molecule has 1 aromatic carbocycles. The molecule has 1 atom stereocenters. The average molecular weight is 457 g/mol. The third kappa shape index (κ3) is 5.31. The number of thiazole rings is 1. The van der Waals surface area contributed by atoms with Gasteiger partial charge in [0.05, 0.1) is 35.4 Å². The van der Waals surface area contributed by atoms with Crippen LogP contribution >= 0.6 is 11.3 Å².